The molecule has 1 aliphatic rings. The topological polar surface area (TPSA) is 48.0 Å². The van der Waals surface area contributed by atoms with E-state index in [2.05, 4.69) is 31.2 Å². The first-order valence-corrected chi connectivity index (χ1v) is 10.1. The first-order chi connectivity index (χ1) is 12.8. The maximum absolute atomic E-state index is 12.8. The molecule has 0 aliphatic carbocycles. The van der Waals surface area contributed by atoms with E-state index in [0.29, 0.717) is 26.4 Å². The first kappa shape index (κ1) is 21.7. The lowest BCUT2D eigenvalue weighted by molar-refractivity contribution is -0.00809. The molecule has 1 aromatic rings. The molecule has 1 aliphatic heterocycles. The molecule has 1 unspecified atom stereocenters. The highest BCUT2D eigenvalue weighted by Crippen LogP contribution is 2.24. The summed E-state index contributed by atoms with van der Waals surface area (Å²) in [6.07, 6.45) is 2.51. The predicted molar refractivity (Wildman–Crippen MR) is 107 cm³/mol. The van der Waals surface area contributed by atoms with Gasteiger partial charge in [-0.3, -0.25) is 0 Å². The van der Waals surface area contributed by atoms with Crippen molar-refractivity contribution in [2.24, 2.45) is 0 Å². The zero-order valence-electron chi connectivity index (χ0n) is 17.5. The third-order valence-electron chi connectivity index (χ3n) is 4.70. The Kier molecular flexibility index (Phi) is 8.11. The van der Waals surface area contributed by atoms with Crippen molar-refractivity contribution in [3.8, 4) is 0 Å². The number of rotatable bonds is 7. The minimum Gasteiger partial charge on any atom is -0.444 e. The van der Waals surface area contributed by atoms with Crippen LogP contribution in [-0.2, 0) is 20.8 Å². The fourth-order valence-corrected chi connectivity index (χ4v) is 3.35. The normalized spacial score (nSPS) is 16.8. The van der Waals surface area contributed by atoms with Gasteiger partial charge in [-0.25, -0.2) is 4.79 Å². The van der Waals surface area contributed by atoms with Crippen LogP contribution in [0.4, 0.5) is 4.79 Å². The van der Waals surface area contributed by atoms with Gasteiger partial charge < -0.3 is 19.1 Å². The number of hydrogen-bond donors (Lipinski definition) is 0. The number of hydrogen-bond acceptors (Lipinski definition) is 4. The quantitative estimate of drug-likeness (QED) is 0.664. The fraction of sp³-hybridized carbons (Fsp3) is 0.682. The zero-order valence-corrected chi connectivity index (χ0v) is 17.5. The molecule has 2 rings (SSSR count). The average Bonchev–Trinajstić information content (AvgIpc) is 2.64. The van der Waals surface area contributed by atoms with Gasteiger partial charge in [0, 0.05) is 32.4 Å². The van der Waals surface area contributed by atoms with Crippen LogP contribution in [0.25, 0.3) is 0 Å². The lowest BCUT2D eigenvalue weighted by Crippen LogP contribution is -2.45. The van der Waals surface area contributed by atoms with Gasteiger partial charge in [0.2, 0.25) is 0 Å². The molecule has 5 nitrogen and oxygen atoms in total. The largest absolute Gasteiger partial charge is 0.444 e. The zero-order chi connectivity index (χ0) is 19.9. The van der Waals surface area contributed by atoms with E-state index < -0.39 is 5.60 Å². The summed E-state index contributed by atoms with van der Waals surface area (Å²) in [4.78, 5) is 14.7. The molecule has 1 heterocycles. The summed E-state index contributed by atoms with van der Waals surface area (Å²) in [5.41, 5.74) is 1.77. The monoisotopic (exact) mass is 377 g/mol. The van der Waals surface area contributed by atoms with Gasteiger partial charge in [0.25, 0.3) is 0 Å². The van der Waals surface area contributed by atoms with Crippen molar-refractivity contribution in [2.45, 2.75) is 78.2 Å². The smallest absolute Gasteiger partial charge is 0.410 e. The minimum absolute atomic E-state index is 0.126. The summed E-state index contributed by atoms with van der Waals surface area (Å²) in [6, 6.07) is 8.55. The Bertz CT molecular complexity index is 573. The van der Waals surface area contributed by atoms with Gasteiger partial charge in [0.15, 0.2) is 0 Å². The molecule has 1 aromatic carbocycles. The number of carbonyl (C=O) groups is 1. The van der Waals surface area contributed by atoms with Crippen LogP contribution in [0, 0.1) is 0 Å². The standard InChI is InChI=1S/C22H35NO4/c1-6-20(26-7-2)18-10-8-17(9-11-18)16-23(19-12-14-25-15-13-19)21(24)27-22(3,4)5/h8-11,19-20H,6-7,12-16H2,1-5H3. The summed E-state index contributed by atoms with van der Waals surface area (Å²) in [5.74, 6) is 0. The van der Waals surface area contributed by atoms with E-state index in [1.54, 1.807) is 0 Å². The Labute approximate surface area is 164 Å². The molecule has 0 spiro atoms. The van der Waals surface area contributed by atoms with Crippen LogP contribution in [-0.4, -0.2) is 42.5 Å². The van der Waals surface area contributed by atoms with E-state index in [4.69, 9.17) is 14.2 Å². The maximum Gasteiger partial charge on any atom is 0.410 e. The van der Waals surface area contributed by atoms with E-state index in [1.807, 2.05) is 32.6 Å². The molecule has 1 saturated heterocycles. The third-order valence-corrected chi connectivity index (χ3v) is 4.70. The van der Waals surface area contributed by atoms with Crippen LogP contribution in [0.15, 0.2) is 24.3 Å². The van der Waals surface area contributed by atoms with Gasteiger partial charge in [-0.2, -0.15) is 0 Å². The van der Waals surface area contributed by atoms with E-state index in [-0.39, 0.29) is 18.2 Å². The van der Waals surface area contributed by atoms with Crippen molar-refractivity contribution >= 4 is 6.09 Å². The van der Waals surface area contributed by atoms with Gasteiger partial charge >= 0.3 is 6.09 Å². The molecule has 0 radical (unpaired) electrons. The number of ether oxygens (including phenoxy) is 3. The van der Waals surface area contributed by atoms with Crippen LogP contribution in [0.5, 0.6) is 0 Å². The summed E-state index contributed by atoms with van der Waals surface area (Å²) in [5, 5.41) is 0. The average molecular weight is 378 g/mol. The van der Waals surface area contributed by atoms with E-state index >= 15 is 0 Å². The third kappa shape index (κ3) is 6.82. The van der Waals surface area contributed by atoms with Crippen LogP contribution in [0.3, 0.4) is 0 Å². The van der Waals surface area contributed by atoms with Crippen LogP contribution in [0.2, 0.25) is 0 Å². The lowest BCUT2D eigenvalue weighted by atomic mass is 10.0. The molecule has 0 N–H and O–H groups in total. The van der Waals surface area contributed by atoms with Crippen molar-refractivity contribution in [2.75, 3.05) is 19.8 Å². The lowest BCUT2D eigenvalue weighted by Gasteiger charge is -2.35. The molecule has 1 atom stereocenters. The Morgan fingerprint density at radius 3 is 2.33 bits per heavy atom. The molecular weight excluding hydrogens is 342 g/mol. The first-order valence-electron chi connectivity index (χ1n) is 10.1. The molecule has 1 fully saturated rings. The maximum atomic E-state index is 12.8. The number of amides is 1. The van der Waals surface area contributed by atoms with Gasteiger partial charge in [0.05, 0.1) is 6.10 Å². The number of nitrogens with zero attached hydrogens (tertiary/aromatic N) is 1. The Hall–Kier alpha value is -1.59. The summed E-state index contributed by atoms with van der Waals surface area (Å²) < 4.78 is 16.9. The van der Waals surface area contributed by atoms with E-state index in [1.165, 1.54) is 5.56 Å². The van der Waals surface area contributed by atoms with E-state index in [0.717, 1.165) is 24.8 Å². The van der Waals surface area contributed by atoms with Gasteiger partial charge in [0.1, 0.15) is 5.60 Å². The van der Waals surface area contributed by atoms with Crippen molar-refractivity contribution in [1.29, 1.82) is 0 Å². The second-order valence-corrected chi connectivity index (χ2v) is 8.05. The molecule has 0 bridgehead atoms. The summed E-state index contributed by atoms with van der Waals surface area (Å²) in [7, 11) is 0. The Morgan fingerprint density at radius 2 is 1.81 bits per heavy atom. The number of carbonyl (C=O) groups excluding carboxylic acids is 1. The van der Waals surface area contributed by atoms with Gasteiger partial charge in [-0.05, 0) is 58.1 Å². The van der Waals surface area contributed by atoms with Crippen molar-refractivity contribution in [3.63, 3.8) is 0 Å². The SMILES string of the molecule is CCOC(CC)c1ccc(CN(C(=O)OC(C)(C)C)C2CCOCC2)cc1. The van der Waals surface area contributed by atoms with Gasteiger partial charge in [-0.1, -0.05) is 31.2 Å². The number of benzene rings is 1. The highest BCUT2D eigenvalue weighted by molar-refractivity contribution is 5.68. The predicted octanol–water partition coefficient (Wildman–Crippen LogP) is 5.09. The summed E-state index contributed by atoms with van der Waals surface area (Å²) in [6.45, 7) is 12.5. The van der Waals surface area contributed by atoms with E-state index in [9.17, 15) is 4.79 Å². The highest BCUT2D eigenvalue weighted by Gasteiger charge is 2.29. The molecule has 152 valence electrons. The molecule has 0 saturated carbocycles. The van der Waals surface area contributed by atoms with Gasteiger partial charge in [-0.15, -0.1) is 0 Å². The van der Waals surface area contributed by atoms with Crippen molar-refractivity contribution in [3.05, 3.63) is 35.4 Å². The fourth-order valence-electron chi connectivity index (χ4n) is 3.35. The minimum atomic E-state index is -0.504. The van der Waals surface area contributed by atoms with Crippen molar-refractivity contribution in [1.82, 2.24) is 4.90 Å². The Morgan fingerprint density at radius 1 is 1.19 bits per heavy atom. The molecule has 0 aromatic heterocycles. The molecular formula is C22H35NO4. The second-order valence-electron chi connectivity index (χ2n) is 8.05. The second kappa shape index (κ2) is 10.1. The molecule has 5 heteroatoms. The Balaban J connectivity index is 2.12. The van der Waals surface area contributed by atoms with Crippen LogP contribution < -0.4 is 0 Å². The van der Waals surface area contributed by atoms with Crippen molar-refractivity contribution < 1.29 is 19.0 Å². The summed E-state index contributed by atoms with van der Waals surface area (Å²) >= 11 is 0. The molecule has 27 heavy (non-hydrogen) atoms. The van der Waals surface area contributed by atoms with Crippen LogP contribution in [0.1, 0.15) is 71.1 Å². The molecule has 1 amide bonds. The highest BCUT2D eigenvalue weighted by atomic mass is 16.6. The van der Waals surface area contributed by atoms with Crippen LogP contribution >= 0.6 is 0 Å².